The Balaban J connectivity index is 1.77. The van der Waals surface area contributed by atoms with Gasteiger partial charge in [-0.3, -0.25) is 9.48 Å². The summed E-state index contributed by atoms with van der Waals surface area (Å²) in [6, 6.07) is 1.46. The Morgan fingerprint density at radius 2 is 2.42 bits per heavy atom. The number of hydrogen-bond acceptors (Lipinski definition) is 5. The molecule has 2 heterocycles. The minimum absolute atomic E-state index is 0.0843. The molecule has 7 nitrogen and oxygen atoms in total. The first-order chi connectivity index (χ1) is 9.20. The average molecular weight is 263 g/mol. The molecule has 2 aromatic rings. The Morgan fingerprint density at radius 3 is 3.05 bits per heavy atom. The van der Waals surface area contributed by atoms with Gasteiger partial charge in [-0.15, -0.1) is 0 Å². The SMILES string of the molecule is CCc1noc(CCNC(=O)[C@@H](C)n2cccn2)n1. The number of hydrogen-bond donors (Lipinski definition) is 1. The van der Waals surface area contributed by atoms with E-state index in [1.807, 2.05) is 6.92 Å². The molecule has 0 bridgehead atoms. The topological polar surface area (TPSA) is 85.8 Å². The third kappa shape index (κ3) is 3.40. The van der Waals surface area contributed by atoms with Gasteiger partial charge in [-0.2, -0.15) is 10.1 Å². The highest BCUT2D eigenvalue weighted by Gasteiger charge is 2.14. The Hall–Kier alpha value is -2.18. The lowest BCUT2D eigenvalue weighted by atomic mass is 10.3. The lowest BCUT2D eigenvalue weighted by Gasteiger charge is -2.11. The van der Waals surface area contributed by atoms with Gasteiger partial charge in [0.1, 0.15) is 6.04 Å². The summed E-state index contributed by atoms with van der Waals surface area (Å²) in [4.78, 5) is 16.0. The van der Waals surface area contributed by atoms with Crippen LogP contribution in [0.1, 0.15) is 31.6 Å². The fraction of sp³-hybridized carbons (Fsp3) is 0.500. The fourth-order valence-electron chi connectivity index (χ4n) is 1.61. The highest BCUT2D eigenvalue weighted by atomic mass is 16.5. The van der Waals surface area contributed by atoms with Crippen molar-refractivity contribution >= 4 is 5.91 Å². The van der Waals surface area contributed by atoms with Crippen molar-refractivity contribution in [3.63, 3.8) is 0 Å². The molecule has 0 aliphatic carbocycles. The number of carbonyl (C=O) groups is 1. The lowest BCUT2D eigenvalue weighted by Crippen LogP contribution is -2.32. The second-order valence-corrected chi connectivity index (χ2v) is 4.16. The Bertz CT molecular complexity index is 520. The summed E-state index contributed by atoms with van der Waals surface area (Å²) < 4.78 is 6.65. The van der Waals surface area contributed by atoms with E-state index in [1.54, 1.807) is 30.1 Å². The number of aromatic nitrogens is 4. The summed E-state index contributed by atoms with van der Waals surface area (Å²) in [5, 5.41) is 10.6. The van der Waals surface area contributed by atoms with Crippen LogP contribution in [0.25, 0.3) is 0 Å². The van der Waals surface area contributed by atoms with Crippen LogP contribution in [0.4, 0.5) is 0 Å². The van der Waals surface area contributed by atoms with Crippen LogP contribution in [-0.4, -0.2) is 32.4 Å². The number of nitrogens with zero attached hydrogens (tertiary/aromatic N) is 4. The van der Waals surface area contributed by atoms with E-state index in [4.69, 9.17) is 4.52 Å². The monoisotopic (exact) mass is 263 g/mol. The first kappa shape index (κ1) is 13.3. The van der Waals surface area contributed by atoms with E-state index in [9.17, 15) is 4.79 Å². The van der Waals surface area contributed by atoms with Gasteiger partial charge in [0, 0.05) is 31.8 Å². The molecule has 0 radical (unpaired) electrons. The number of rotatable bonds is 6. The smallest absolute Gasteiger partial charge is 0.244 e. The van der Waals surface area contributed by atoms with Crippen molar-refractivity contribution in [2.24, 2.45) is 0 Å². The van der Waals surface area contributed by atoms with Gasteiger partial charge in [-0.1, -0.05) is 12.1 Å². The van der Waals surface area contributed by atoms with Gasteiger partial charge in [0.25, 0.3) is 0 Å². The molecule has 0 fully saturated rings. The summed E-state index contributed by atoms with van der Waals surface area (Å²) >= 11 is 0. The predicted octanol–water partition coefficient (Wildman–Crippen LogP) is 0.748. The minimum Gasteiger partial charge on any atom is -0.354 e. The van der Waals surface area contributed by atoms with Crippen molar-refractivity contribution in [1.82, 2.24) is 25.2 Å². The average Bonchev–Trinajstić information content (AvgIpc) is 3.08. The first-order valence-electron chi connectivity index (χ1n) is 6.29. The van der Waals surface area contributed by atoms with Crippen LogP contribution in [0, 0.1) is 0 Å². The van der Waals surface area contributed by atoms with E-state index in [0.717, 1.165) is 6.42 Å². The molecule has 0 aliphatic heterocycles. The van der Waals surface area contributed by atoms with Gasteiger partial charge >= 0.3 is 0 Å². The van der Waals surface area contributed by atoms with Gasteiger partial charge in [0.05, 0.1) is 0 Å². The fourth-order valence-corrected chi connectivity index (χ4v) is 1.61. The van der Waals surface area contributed by atoms with E-state index in [-0.39, 0.29) is 11.9 Å². The van der Waals surface area contributed by atoms with Crippen LogP contribution in [0.2, 0.25) is 0 Å². The molecule has 2 rings (SSSR count). The van der Waals surface area contributed by atoms with Crippen LogP contribution in [0.3, 0.4) is 0 Å². The summed E-state index contributed by atoms with van der Waals surface area (Å²) in [5.74, 6) is 1.15. The Kier molecular flexibility index (Phi) is 4.27. The van der Waals surface area contributed by atoms with Gasteiger partial charge < -0.3 is 9.84 Å². The largest absolute Gasteiger partial charge is 0.354 e. The van der Waals surface area contributed by atoms with Gasteiger partial charge in [-0.05, 0) is 13.0 Å². The molecule has 0 saturated heterocycles. The number of nitrogens with one attached hydrogen (secondary N) is 1. The molecule has 1 amide bonds. The number of amides is 1. The lowest BCUT2D eigenvalue weighted by molar-refractivity contribution is -0.124. The van der Waals surface area contributed by atoms with Crippen molar-refractivity contribution in [1.29, 1.82) is 0 Å². The highest BCUT2D eigenvalue weighted by molar-refractivity contribution is 5.79. The normalized spacial score (nSPS) is 12.3. The van der Waals surface area contributed by atoms with Crippen LogP contribution in [0.15, 0.2) is 23.0 Å². The standard InChI is InChI=1S/C12H17N5O2/c1-3-10-15-11(19-16-10)5-7-13-12(18)9(2)17-8-4-6-14-17/h4,6,8-9H,3,5,7H2,1-2H3,(H,13,18)/t9-/m1/s1. The molecule has 1 N–H and O–H groups in total. The van der Waals surface area contributed by atoms with E-state index < -0.39 is 0 Å². The predicted molar refractivity (Wildman–Crippen MR) is 67.3 cm³/mol. The number of aryl methyl sites for hydroxylation is 1. The molecule has 1 atom stereocenters. The van der Waals surface area contributed by atoms with Crippen LogP contribution in [-0.2, 0) is 17.6 Å². The van der Waals surface area contributed by atoms with Crippen LogP contribution < -0.4 is 5.32 Å². The van der Waals surface area contributed by atoms with Crippen molar-refractivity contribution in [2.45, 2.75) is 32.7 Å². The molecule has 19 heavy (non-hydrogen) atoms. The van der Waals surface area contributed by atoms with Crippen molar-refractivity contribution in [2.75, 3.05) is 6.54 Å². The minimum atomic E-state index is -0.330. The zero-order valence-electron chi connectivity index (χ0n) is 11.0. The number of carbonyl (C=O) groups excluding carboxylic acids is 1. The van der Waals surface area contributed by atoms with Crippen LogP contribution >= 0.6 is 0 Å². The maximum Gasteiger partial charge on any atom is 0.244 e. The molecule has 0 aromatic carbocycles. The van der Waals surface area contributed by atoms with Gasteiger partial charge in [0.15, 0.2) is 5.82 Å². The Morgan fingerprint density at radius 1 is 1.58 bits per heavy atom. The molecule has 102 valence electrons. The summed E-state index contributed by atoms with van der Waals surface area (Å²) in [5.41, 5.74) is 0. The molecular formula is C12H17N5O2. The van der Waals surface area contributed by atoms with E-state index >= 15 is 0 Å². The first-order valence-corrected chi connectivity index (χ1v) is 6.29. The van der Waals surface area contributed by atoms with Gasteiger partial charge in [0.2, 0.25) is 11.8 Å². The second-order valence-electron chi connectivity index (χ2n) is 4.16. The Labute approximate surface area is 111 Å². The highest BCUT2D eigenvalue weighted by Crippen LogP contribution is 2.03. The quantitative estimate of drug-likeness (QED) is 0.831. The van der Waals surface area contributed by atoms with E-state index in [0.29, 0.717) is 24.7 Å². The molecular weight excluding hydrogens is 246 g/mol. The third-order valence-corrected chi connectivity index (χ3v) is 2.77. The molecule has 0 unspecified atom stereocenters. The zero-order chi connectivity index (χ0) is 13.7. The van der Waals surface area contributed by atoms with Crippen LogP contribution in [0.5, 0.6) is 0 Å². The third-order valence-electron chi connectivity index (χ3n) is 2.77. The van der Waals surface area contributed by atoms with E-state index in [1.165, 1.54) is 0 Å². The van der Waals surface area contributed by atoms with E-state index in [2.05, 4.69) is 20.6 Å². The van der Waals surface area contributed by atoms with Gasteiger partial charge in [-0.25, -0.2) is 0 Å². The van der Waals surface area contributed by atoms with Crippen molar-refractivity contribution in [3.05, 3.63) is 30.2 Å². The summed E-state index contributed by atoms with van der Waals surface area (Å²) in [7, 11) is 0. The molecule has 0 aliphatic rings. The summed E-state index contributed by atoms with van der Waals surface area (Å²) in [6.07, 6.45) is 4.68. The van der Waals surface area contributed by atoms with Crippen molar-refractivity contribution in [3.8, 4) is 0 Å². The molecule has 7 heteroatoms. The zero-order valence-corrected chi connectivity index (χ0v) is 11.0. The maximum atomic E-state index is 11.9. The van der Waals surface area contributed by atoms with Crippen molar-refractivity contribution < 1.29 is 9.32 Å². The molecule has 0 saturated carbocycles. The second kappa shape index (κ2) is 6.12. The summed E-state index contributed by atoms with van der Waals surface area (Å²) in [6.45, 7) is 4.22. The maximum absolute atomic E-state index is 11.9. The molecule has 0 spiro atoms. The molecule has 2 aromatic heterocycles.